The molecule has 1 rings (SSSR count). The summed E-state index contributed by atoms with van der Waals surface area (Å²) in [6.45, 7) is 3.75. The van der Waals surface area contributed by atoms with Gasteiger partial charge in [-0.25, -0.2) is 4.98 Å². The Bertz CT molecular complexity index is 280. The van der Waals surface area contributed by atoms with Crippen LogP contribution in [0.2, 0.25) is 0 Å². The van der Waals surface area contributed by atoms with Crippen LogP contribution in [0.25, 0.3) is 0 Å². The number of aromatic amines is 1. The number of nitrogens with zero attached hydrogens (tertiary/aromatic N) is 1. The topological polar surface area (TPSA) is 71.8 Å². The van der Waals surface area contributed by atoms with Crippen LogP contribution >= 0.6 is 0 Å². The lowest BCUT2D eigenvalue weighted by Gasteiger charge is -2.11. The standard InChI is InChI=1S/C10H17N3O/c1-7(2)10(14)9(11)4-3-8-5-12-6-13-8/h5-7,9H,3-4,11H2,1-2H3,(H,12,13)/t9-/m1/s1. The fourth-order valence-corrected chi connectivity index (χ4v) is 1.30. The lowest BCUT2D eigenvalue weighted by Crippen LogP contribution is -2.34. The second-order valence-corrected chi connectivity index (χ2v) is 3.78. The Kier molecular flexibility index (Phi) is 3.83. The van der Waals surface area contributed by atoms with Crippen molar-refractivity contribution < 1.29 is 4.79 Å². The number of aryl methyl sites for hydroxylation is 1. The number of rotatable bonds is 5. The number of imidazole rings is 1. The van der Waals surface area contributed by atoms with Crippen LogP contribution < -0.4 is 5.73 Å². The van der Waals surface area contributed by atoms with Gasteiger partial charge in [-0.1, -0.05) is 13.8 Å². The van der Waals surface area contributed by atoms with Gasteiger partial charge in [0.25, 0.3) is 0 Å². The molecule has 1 aromatic rings. The summed E-state index contributed by atoms with van der Waals surface area (Å²) in [6.07, 6.45) is 4.84. The number of carbonyl (C=O) groups is 1. The first kappa shape index (κ1) is 10.9. The number of carbonyl (C=O) groups excluding carboxylic acids is 1. The van der Waals surface area contributed by atoms with Crippen LogP contribution in [0.3, 0.4) is 0 Å². The predicted octanol–water partition coefficient (Wildman–Crippen LogP) is 0.895. The Labute approximate surface area is 83.9 Å². The molecule has 0 spiro atoms. The number of aromatic nitrogens is 2. The number of Topliss-reactive ketones (excluding diaryl/α,β-unsaturated/α-hetero) is 1. The summed E-state index contributed by atoms with van der Waals surface area (Å²) in [5.41, 5.74) is 6.78. The van der Waals surface area contributed by atoms with Gasteiger partial charge < -0.3 is 10.7 Å². The molecule has 1 heterocycles. The van der Waals surface area contributed by atoms with Gasteiger partial charge in [-0.3, -0.25) is 4.79 Å². The molecule has 0 aliphatic carbocycles. The van der Waals surface area contributed by atoms with E-state index in [1.165, 1.54) is 0 Å². The maximum atomic E-state index is 11.5. The number of H-pyrrole nitrogens is 1. The van der Waals surface area contributed by atoms with Crippen LogP contribution in [0.15, 0.2) is 12.5 Å². The number of nitrogens with one attached hydrogen (secondary N) is 1. The highest BCUT2D eigenvalue weighted by Gasteiger charge is 2.16. The summed E-state index contributed by atoms with van der Waals surface area (Å²) in [4.78, 5) is 18.3. The van der Waals surface area contributed by atoms with E-state index in [0.29, 0.717) is 6.42 Å². The van der Waals surface area contributed by atoms with Crippen molar-refractivity contribution in [3.63, 3.8) is 0 Å². The summed E-state index contributed by atoms with van der Waals surface area (Å²) >= 11 is 0. The lowest BCUT2D eigenvalue weighted by molar-refractivity contribution is -0.123. The minimum atomic E-state index is -0.349. The van der Waals surface area contributed by atoms with Crippen molar-refractivity contribution in [2.75, 3.05) is 0 Å². The van der Waals surface area contributed by atoms with Crippen LogP contribution in [-0.4, -0.2) is 21.8 Å². The van der Waals surface area contributed by atoms with E-state index < -0.39 is 0 Å². The van der Waals surface area contributed by atoms with E-state index in [2.05, 4.69) is 9.97 Å². The second-order valence-electron chi connectivity index (χ2n) is 3.78. The van der Waals surface area contributed by atoms with Crippen molar-refractivity contribution in [3.8, 4) is 0 Å². The molecule has 0 saturated carbocycles. The quantitative estimate of drug-likeness (QED) is 0.733. The Balaban J connectivity index is 2.35. The van der Waals surface area contributed by atoms with E-state index in [1.54, 1.807) is 12.5 Å². The van der Waals surface area contributed by atoms with Crippen molar-refractivity contribution in [1.29, 1.82) is 0 Å². The zero-order valence-corrected chi connectivity index (χ0v) is 8.66. The molecule has 3 N–H and O–H groups in total. The van der Waals surface area contributed by atoms with Crippen molar-refractivity contribution in [2.45, 2.75) is 32.7 Å². The maximum absolute atomic E-state index is 11.5. The fourth-order valence-electron chi connectivity index (χ4n) is 1.30. The normalized spacial score (nSPS) is 13.1. The van der Waals surface area contributed by atoms with Gasteiger partial charge >= 0.3 is 0 Å². The van der Waals surface area contributed by atoms with Crippen LogP contribution in [0.1, 0.15) is 26.0 Å². The zero-order chi connectivity index (χ0) is 10.6. The summed E-state index contributed by atoms with van der Waals surface area (Å²) in [5, 5.41) is 0. The molecule has 4 heteroatoms. The Morgan fingerprint density at radius 2 is 2.36 bits per heavy atom. The van der Waals surface area contributed by atoms with Gasteiger partial charge in [-0.15, -0.1) is 0 Å². The van der Waals surface area contributed by atoms with Gasteiger partial charge in [-0.05, 0) is 12.8 Å². The Morgan fingerprint density at radius 3 is 2.86 bits per heavy atom. The summed E-state index contributed by atoms with van der Waals surface area (Å²) in [7, 11) is 0. The van der Waals surface area contributed by atoms with Gasteiger partial charge in [0.05, 0.1) is 12.4 Å². The smallest absolute Gasteiger partial charge is 0.152 e. The van der Waals surface area contributed by atoms with Gasteiger partial charge in [0, 0.05) is 17.8 Å². The van der Waals surface area contributed by atoms with Gasteiger partial charge in [-0.2, -0.15) is 0 Å². The monoisotopic (exact) mass is 195 g/mol. The van der Waals surface area contributed by atoms with E-state index in [1.807, 2.05) is 13.8 Å². The number of hydrogen-bond acceptors (Lipinski definition) is 3. The van der Waals surface area contributed by atoms with Crippen molar-refractivity contribution in [1.82, 2.24) is 9.97 Å². The number of nitrogens with two attached hydrogens (primary N) is 1. The van der Waals surface area contributed by atoms with Crippen LogP contribution in [0.4, 0.5) is 0 Å². The largest absolute Gasteiger partial charge is 0.348 e. The van der Waals surface area contributed by atoms with Crippen LogP contribution in [-0.2, 0) is 11.2 Å². The Hall–Kier alpha value is -1.16. The van der Waals surface area contributed by atoms with Gasteiger partial charge in [0.15, 0.2) is 5.78 Å². The van der Waals surface area contributed by atoms with Crippen molar-refractivity contribution >= 4 is 5.78 Å². The van der Waals surface area contributed by atoms with E-state index in [0.717, 1.165) is 12.1 Å². The molecular weight excluding hydrogens is 178 g/mol. The third kappa shape index (κ3) is 2.96. The molecule has 1 aromatic heterocycles. The average Bonchev–Trinajstić information content (AvgIpc) is 2.65. The molecule has 78 valence electrons. The minimum Gasteiger partial charge on any atom is -0.348 e. The van der Waals surface area contributed by atoms with E-state index in [9.17, 15) is 4.79 Å². The van der Waals surface area contributed by atoms with Crippen LogP contribution in [0, 0.1) is 5.92 Å². The highest BCUT2D eigenvalue weighted by atomic mass is 16.1. The van der Waals surface area contributed by atoms with Gasteiger partial charge in [0.1, 0.15) is 0 Å². The molecule has 0 fully saturated rings. The highest BCUT2D eigenvalue weighted by molar-refractivity contribution is 5.85. The Morgan fingerprint density at radius 1 is 1.64 bits per heavy atom. The van der Waals surface area contributed by atoms with E-state index in [4.69, 9.17) is 5.73 Å². The molecule has 0 bridgehead atoms. The molecule has 1 atom stereocenters. The molecule has 14 heavy (non-hydrogen) atoms. The number of hydrogen-bond donors (Lipinski definition) is 2. The SMILES string of the molecule is CC(C)C(=O)[C@H](N)CCc1cnc[nH]1. The molecule has 0 aliphatic rings. The molecule has 4 nitrogen and oxygen atoms in total. The summed E-state index contributed by atoms with van der Waals surface area (Å²) in [5.74, 6) is 0.149. The van der Waals surface area contributed by atoms with Gasteiger partial charge in [0.2, 0.25) is 0 Å². The molecule has 0 unspecified atom stereocenters. The zero-order valence-electron chi connectivity index (χ0n) is 8.66. The first-order chi connectivity index (χ1) is 6.61. The lowest BCUT2D eigenvalue weighted by atomic mass is 9.98. The molecule has 0 amide bonds. The van der Waals surface area contributed by atoms with E-state index >= 15 is 0 Å². The first-order valence-corrected chi connectivity index (χ1v) is 4.88. The minimum absolute atomic E-state index is 0.0202. The molecule has 0 radical (unpaired) electrons. The average molecular weight is 195 g/mol. The second kappa shape index (κ2) is 4.91. The fraction of sp³-hybridized carbons (Fsp3) is 0.600. The van der Waals surface area contributed by atoms with Crippen LogP contribution in [0.5, 0.6) is 0 Å². The third-order valence-electron chi connectivity index (χ3n) is 2.21. The first-order valence-electron chi connectivity index (χ1n) is 4.88. The molecular formula is C10H17N3O. The number of ketones is 1. The molecule has 0 saturated heterocycles. The van der Waals surface area contributed by atoms with E-state index in [-0.39, 0.29) is 17.7 Å². The van der Waals surface area contributed by atoms with Crippen molar-refractivity contribution in [2.24, 2.45) is 11.7 Å². The third-order valence-corrected chi connectivity index (χ3v) is 2.21. The molecule has 0 aromatic carbocycles. The predicted molar refractivity (Wildman–Crippen MR) is 54.7 cm³/mol. The highest BCUT2D eigenvalue weighted by Crippen LogP contribution is 2.05. The maximum Gasteiger partial charge on any atom is 0.152 e. The van der Waals surface area contributed by atoms with Crippen molar-refractivity contribution in [3.05, 3.63) is 18.2 Å². The summed E-state index contributed by atoms with van der Waals surface area (Å²) in [6, 6.07) is -0.349. The molecule has 0 aliphatic heterocycles. The summed E-state index contributed by atoms with van der Waals surface area (Å²) < 4.78 is 0.